The topological polar surface area (TPSA) is 179 Å². The second-order valence-corrected chi connectivity index (χ2v) is 10.9. The van der Waals surface area contributed by atoms with Gasteiger partial charge < -0.3 is 25.8 Å². The third-order valence-corrected chi connectivity index (χ3v) is 7.60. The molecule has 0 radical (unpaired) electrons. The largest absolute Gasteiger partial charge is 0.481 e. The van der Waals surface area contributed by atoms with Crippen molar-refractivity contribution in [3.8, 4) is 17.0 Å². The Balaban J connectivity index is 1.68. The number of carbonyl (C=O) groups is 5. The van der Waals surface area contributed by atoms with Gasteiger partial charge in [0, 0.05) is 5.56 Å². The van der Waals surface area contributed by atoms with Gasteiger partial charge in [0.2, 0.25) is 12.3 Å². The summed E-state index contributed by atoms with van der Waals surface area (Å²) in [6.45, 7) is 3.53. The summed E-state index contributed by atoms with van der Waals surface area (Å²) in [6.07, 6.45) is 4.30. The molecule has 3 rings (SSSR count). The molecule has 0 saturated heterocycles. The summed E-state index contributed by atoms with van der Waals surface area (Å²) < 4.78 is 10.0. The van der Waals surface area contributed by atoms with E-state index in [2.05, 4.69) is 27.3 Å². The number of nitrogens with two attached hydrogens (primary N) is 1. The smallest absolute Gasteiger partial charge is 0.343 e. The van der Waals surface area contributed by atoms with Crippen LogP contribution in [0.4, 0.5) is 0 Å². The monoisotopic (exact) mass is 661 g/mol. The normalized spacial score (nSPS) is 11.9. The van der Waals surface area contributed by atoms with Crippen LogP contribution in [0.25, 0.3) is 11.3 Å². The minimum absolute atomic E-state index is 0.0576. The molecule has 0 saturated carbocycles. The number of primary amides is 1. The highest BCUT2D eigenvalue weighted by Crippen LogP contribution is 2.27. The van der Waals surface area contributed by atoms with Gasteiger partial charge in [0.25, 0.3) is 11.8 Å². The second kappa shape index (κ2) is 19.4. The lowest BCUT2D eigenvalue weighted by Gasteiger charge is -2.32. The van der Waals surface area contributed by atoms with Gasteiger partial charge in [-0.2, -0.15) is 0 Å². The zero-order chi connectivity index (χ0) is 34.9. The van der Waals surface area contributed by atoms with Gasteiger partial charge in [-0.05, 0) is 42.7 Å². The van der Waals surface area contributed by atoms with E-state index in [0.717, 1.165) is 24.8 Å². The number of esters is 1. The van der Waals surface area contributed by atoms with Crippen molar-refractivity contribution in [2.75, 3.05) is 20.4 Å². The van der Waals surface area contributed by atoms with Crippen LogP contribution in [0.2, 0.25) is 0 Å². The van der Waals surface area contributed by atoms with E-state index in [1.54, 1.807) is 18.2 Å². The first-order chi connectivity index (χ1) is 23.2. The van der Waals surface area contributed by atoms with Crippen molar-refractivity contribution in [3.63, 3.8) is 0 Å². The fourth-order valence-electron chi connectivity index (χ4n) is 5.04. The summed E-state index contributed by atoms with van der Waals surface area (Å²) in [5.41, 5.74) is 7.35. The molecule has 1 aromatic heterocycles. The van der Waals surface area contributed by atoms with Crippen LogP contribution in [0, 0.1) is 5.92 Å². The Morgan fingerprint density at radius 2 is 1.75 bits per heavy atom. The van der Waals surface area contributed by atoms with Gasteiger partial charge in [0.15, 0.2) is 6.61 Å². The zero-order valence-corrected chi connectivity index (χ0v) is 27.5. The average Bonchev–Trinajstić information content (AvgIpc) is 3.11. The Labute approximate surface area is 280 Å². The molecule has 48 heavy (non-hydrogen) atoms. The van der Waals surface area contributed by atoms with E-state index in [1.807, 2.05) is 37.3 Å². The first kappa shape index (κ1) is 37.2. The number of methoxy groups -OCH3 is 1. The van der Waals surface area contributed by atoms with E-state index in [1.165, 1.54) is 30.4 Å². The van der Waals surface area contributed by atoms with E-state index in [9.17, 15) is 24.0 Å². The molecule has 0 aliphatic rings. The lowest BCUT2D eigenvalue weighted by Crippen LogP contribution is -2.48. The van der Waals surface area contributed by atoms with Crippen molar-refractivity contribution in [2.24, 2.45) is 11.7 Å². The Morgan fingerprint density at radius 3 is 2.42 bits per heavy atom. The molecule has 256 valence electrons. The molecule has 0 aliphatic heterocycles. The van der Waals surface area contributed by atoms with Crippen LogP contribution in [0.3, 0.4) is 0 Å². The highest BCUT2D eigenvalue weighted by Gasteiger charge is 2.32. The first-order valence-corrected chi connectivity index (χ1v) is 15.8. The number of unbranched alkanes of at least 4 members (excludes halogenated alkanes) is 2. The van der Waals surface area contributed by atoms with Gasteiger partial charge in [-0.3, -0.25) is 24.0 Å². The van der Waals surface area contributed by atoms with E-state index in [-0.39, 0.29) is 36.2 Å². The quantitative estimate of drug-likeness (QED) is 0.0534. The molecule has 4 N–H and O–H groups in total. The molecular formula is C35H43N5O8. The van der Waals surface area contributed by atoms with Crippen molar-refractivity contribution in [3.05, 3.63) is 83.6 Å². The summed E-state index contributed by atoms with van der Waals surface area (Å²) >= 11 is 0. The number of aromatic nitrogens is 1. The van der Waals surface area contributed by atoms with E-state index in [0.29, 0.717) is 30.5 Å². The summed E-state index contributed by atoms with van der Waals surface area (Å²) in [5, 5.41) is 6.67. The van der Waals surface area contributed by atoms with Crippen molar-refractivity contribution in [1.82, 2.24) is 20.7 Å². The van der Waals surface area contributed by atoms with E-state index < -0.39 is 36.4 Å². The maximum atomic E-state index is 13.5. The first-order valence-electron chi connectivity index (χ1n) is 15.8. The van der Waals surface area contributed by atoms with Gasteiger partial charge in [-0.1, -0.05) is 75.6 Å². The van der Waals surface area contributed by atoms with Crippen molar-refractivity contribution in [2.45, 2.75) is 58.6 Å². The number of hydrogen-bond donors (Lipinski definition) is 3. The molecule has 2 unspecified atom stereocenters. The van der Waals surface area contributed by atoms with Crippen molar-refractivity contribution in [1.29, 1.82) is 0 Å². The molecule has 0 spiro atoms. The SMILES string of the molecule is CCCCCC(C(=O)NCNC(=O)c1cccc(-c2ccc(C(N)=O)c(OCC(=O)OC)c2)n1)C(CC)N(C=O)OCc1ccccc1. The van der Waals surface area contributed by atoms with Crippen LogP contribution in [0.1, 0.15) is 72.4 Å². The predicted octanol–water partition coefficient (Wildman–Crippen LogP) is 3.77. The van der Waals surface area contributed by atoms with Crippen LogP contribution in [-0.4, -0.2) is 66.6 Å². The fourth-order valence-corrected chi connectivity index (χ4v) is 5.04. The van der Waals surface area contributed by atoms with E-state index in [4.69, 9.17) is 15.3 Å². The summed E-state index contributed by atoms with van der Waals surface area (Å²) in [5.74, 6) is -2.76. The number of benzene rings is 2. The lowest BCUT2D eigenvalue weighted by molar-refractivity contribution is -0.200. The summed E-state index contributed by atoms with van der Waals surface area (Å²) in [4.78, 5) is 72.3. The molecule has 1 heterocycles. The molecule has 3 aromatic rings. The predicted molar refractivity (Wildman–Crippen MR) is 177 cm³/mol. The number of rotatable bonds is 20. The number of amides is 4. The number of carbonyl (C=O) groups excluding carboxylic acids is 5. The van der Waals surface area contributed by atoms with Gasteiger partial charge >= 0.3 is 5.97 Å². The number of hydroxylamine groups is 2. The van der Waals surface area contributed by atoms with Crippen molar-refractivity contribution < 1.29 is 38.3 Å². The zero-order valence-electron chi connectivity index (χ0n) is 27.5. The molecule has 0 bridgehead atoms. The van der Waals surface area contributed by atoms with Crippen LogP contribution >= 0.6 is 0 Å². The summed E-state index contributed by atoms with van der Waals surface area (Å²) in [6, 6.07) is 18.2. The Hall–Kier alpha value is -5.30. The second-order valence-electron chi connectivity index (χ2n) is 10.9. The fraction of sp³-hybridized carbons (Fsp3) is 0.371. The van der Waals surface area contributed by atoms with Gasteiger partial charge in [-0.15, -0.1) is 0 Å². The molecule has 0 aliphatic carbocycles. The molecular weight excluding hydrogens is 618 g/mol. The number of nitrogens with one attached hydrogen (secondary N) is 2. The Bertz CT molecular complexity index is 1530. The van der Waals surface area contributed by atoms with Crippen LogP contribution in [-0.2, 0) is 30.6 Å². The Morgan fingerprint density at radius 1 is 0.979 bits per heavy atom. The maximum absolute atomic E-state index is 13.5. The molecule has 4 amide bonds. The third kappa shape index (κ3) is 10.9. The summed E-state index contributed by atoms with van der Waals surface area (Å²) in [7, 11) is 1.21. The highest BCUT2D eigenvalue weighted by atomic mass is 16.7. The minimum Gasteiger partial charge on any atom is -0.481 e. The van der Waals surface area contributed by atoms with E-state index >= 15 is 0 Å². The number of ether oxygens (including phenoxy) is 2. The molecule has 2 aromatic carbocycles. The lowest BCUT2D eigenvalue weighted by atomic mass is 9.90. The van der Waals surface area contributed by atoms with Crippen LogP contribution in [0.15, 0.2) is 66.7 Å². The highest BCUT2D eigenvalue weighted by molar-refractivity contribution is 5.97. The van der Waals surface area contributed by atoms with Gasteiger partial charge in [0.05, 0.1) is 37.0 Å². The molecule has 13 heteroatoms. The number of nitrogens with zero attached hydrogens (tertiary/aromatic N) is 2. The van der Waals surface area contributed by atoms with Gasteiger partial charge in [0.1, 0.15) is 18.1 Å². The minimum atomic E-state index is -0.749. The molecule has 2 atom stereocenters. The van der Waals surface area contributed by atoms with Crippen molar-refractivity contribution >= 4 is 30.1 Å². The number of hydrogen-bond acceptors (Lipinski definition) is 9. The molecule has 0 fully saturated rings. The third-order valence-electron chi connectivity index (χ3n) is 7.60. The molecule has 13 nitrogen and oxygen atoms in total. The van der Waals surface area contributed by atoms with Gasteiger partial charge in [-0.25, -0.2) is 14.8 Å². The maximum Gasteiger partial charge on any atom is 0.343 e. The average molecular weight is 662 g/mol. The van der Waals surface area contributed by atoms with Crippen LogP contribution < -0.4 is 21.1 Å². The Kier molecular flexibility index (Phi) is 15.0. The number of pyridine rings is 1. The standard InChI is InChI=1S/C35H43N5O8/c1-4-6-8-14-26(30(5-2)40(23-41)48-20-24-12-9-7-10-13-24)34(44)37-22-38-35(45)29-16-11-15-28(39-29)25-17-18-27(33(36)43)31(19-25)47-21-32(42)46-3/h7,9-13,15-19,23,26,30H,4-6,8,14,20-22H2,1-3H3,(H2,36,43)(H,37,44)(H,38,45). The van der Waals surface area contributed by atoms with Crippen LogP contribution in [0.5, 0.6) is 5.75 Å².